The summed E-state index contributed by atoms with van der Waals surface area (Å²) in [4.78, 5) is 3.91. The van der Waals surface area contributed by atoms with Crippen LogP contribution >= 0.6 is 15.9 Å². The summed E-state index contributed by atoms with van der Waals surface area (Å²) in [6.07, 6.45) is 3.34. The van der Waals surface area contributed by atoms with E-state index in [0.29, 0.717) is 10.3 Å². The Kier molecular flexibility index (Phi) is 2.94. The molecule has 2 rings (SSSR count). The highest BCUT2D eigenvalue weighted by atomic mass is 79.9. The highest BCUT2D eigenvalue weighted by Gasteiger charge is 2.27. The Morgan fingerprint density at radius 3 is 2.80 bits per heavy atom. The molecule has 0 saturated heterocycles. The smallest absolute Gasteiger partial charge is 0.254 e. The van der Waals surface area contributed by atoms with Crippen molar-refractivity contribution < 1.29 is 8.42 Å². The highest BCUT2D eigenvalue weighted by molar-refractivity contribution is 9.10. The highest BCUT2D eigenvalue weighted by Crippen LogP contribution is 2.22. The van der Waals surface area contributed by atoms with Crippen molar-refractivity contribution in [3.8, 4) is 0 Å². The molecule has 0 amide bonds. The number of hydrogen-bond donors (Lipinski definition) is 2. The summed E-state index contributed by atoms with van der Waals surface area (Å²) in [5, 5.41) is 0. The van der Waals surface area contributed by atoms with Crippen LogP contribution in [0.3, 0.4) is 0 Å². The third kappa shape index (κ3) is 3.15. The average molecular weight is 292 g/mol. The molecule has 1 fully saturated rings. The van der Waals surface area contributed by atoms with Crippen LogP contribution in [0.25, 0.3) is 0 Å². The van der Waals surface area contributed by atoms with Crippen LogP contribution in [0.2, 0.25) is 0 Å². The summed E-state index contributed by atoms with van der Waals surface area (Å²) in [6.45, 7) is 0. The van der Waals surface area contributed by atoms with Gasteiger partial charge in [-0.2, -0.15) is 13.1 Å². The van der Waals surface area contributed by atoms with Crippen LogP contribution in [0.1, 0.15) is 12.8 Å². The van der Waals surface area contributed by atoms with Crippen molar-refractivity contribution in [3.05, 3.63) is 22.8 Å². The summed E-state index contributed by atoms with van der Waals surface area (Å²) in [5.41, 5.74) is 0. The number of hydrogen-bond acceptors (Lipinski definition) is 3. The molecule has 0 spiro atoms. The van der Waals surface area contributed by atoms with Gasteiger partial charge in [-0.25, -0.2) is 4.98 Å². The minimum absolute atomic E-state index is 0.0880. The Labute approximate surface area is 96.6 Å². The maximum atomic E-state index is 11.5. The Morgan fingerprint density at radius 1 is 1.47 bits per heavy atom. The van der Waals surface area contributed by atoms with E-state index in [0.717, 1.165) is 12.8 Å². The zero-order valence-electron chi connectivity index (χ0n) is 7.77. The number of nitrogens with zero attached hydrogens (tertiary/aromatic N) is 1. The molecule has 0 bridgehead atoms. The molecule has 1 aliphatic rings. The van der Waals surface area contributed by atoms with Crippen molar-refractivity contribution in [2.24, 2.45) is 0 Å². The third-order valence-corrected chi connectivity index (χ3v) is 3.63. The fourth-order valence-electron chi connectivity index (χ4n) is 1.04. The molecule has 1 saturated carbocycles. The molecule has 2 N–H and O–H groups in total. The van der Waals surface area contributed by atoms with E-state index in [1.807, 2.05) is 0 Å². The van der Waals surface area contributed by atoms with Gasteiger partial charge in [-0.15, -0.1) is 0 Å². The van der Waals surface area contributed by atoms with Crippen LogP contribution in [0, 0.1) is 0 Å². The average Bonchev–Trinajstić information content (AvgIpc) is 2.91. The monoisotopic (exact) mass is 291 g/mol. The Morgan fingerprint density at radius 2 is 2.20 bits per heavy atom. The van der Waals surface area contributed by atoms with Crippen LogP contribution in [-0.2, 0) is 10.2 Å². The molecule has 82 valence electrons. The van der Waals surface area contributed by atoms with Gasteiger partial charge in [-0.3, -0.25) is 4.72 Å². The third-order valence-electron chi connectivity index (χ3n) is 1.89. The van der Waals surface area contributed by atoms with E-state index < -0.39 is 10.2 Å². The zero-order chi connectivity index (χ0) is 10.9. The Hall–Kier alpha value is -0.660. The van der Waals surface area contributed by atoms with Gasteiger partial charge in [-0.05, 0) is 40.9 Å². The summed E-state index contributed by atoms with van der Waals surface area (Å²) in [5.74, 6) is 0.297. The maximum Gasteiger partial charge on any atom is 0.300 e. The van der Waals surface area contributed by atoms with Gasteiger partial charge < -0.3 is 0 Å². The van der Waals surface area contributed by atoms with E-state index in [9.17, 15) is 8.42 Å². The molecule has 5 nitrogen and oxygen atoms in total. The van der Waals surface area contributed by atoms with Gasteiger partial charge in [0.2, 0.25) is 0 Å². The van der Waals surface area contributed by atoms with E-state index in [1.165, 1.54) is 6.20 Å². The quantitative estimate of drug-likeness (QED) is 0.877. The van der Waals surface area contributed by atoms with E-state index in [2.05, 4.69) is 30.4 Å². The molecule has 0 aromatic carbocycles. The minimum Gasteiger partial charge on any atom is -0.254 e. The van der Waals surface area contributed by atoms with Gasteiger partial charge in [0, 0.05) is 12.2 Å². The summed E-state index contributed by atoms with van der Waals surface area (Å²) < 4.78 is 28.5. The topological polar surface area (TPSA) is 71.1 Å². The van der Waals surface area contributed by atoms with Gasteiger partial charge in [0.15, 0.2) is 5.82 Å². The first-order valence-corrected chi connectivity index (χ1v) is 6.75. The Balaban J connectivity index is 2.10. The lowest BCUT2D eigenvalue weighted by Crippen LogP contribution is -2.32. The van der Waals surface area contributed by atoms with Gasteiger partial charge in [0.05, 0.1) is 4.47 Å². The van der Waals surface area contributed by atoms with Crippen molar-refractivity contribution in [1.82, 2.24) is 9.71 Å². The molecule has 1 aromatic rings. The summed E-state index contributed by atoms with van der Waals surface area (Å²) in [7, 11) is -3.49. The second-order valence-corrected chi connectivity index (χ2v) is 5.63. The van der Waals surface area contributed by atoms with Crippen LogP contribution in [0.5, 0.6) is 0 Å². The van der Waals surface area contributed by atoms with Crippen molar-refractivity contribution in [2.75, 3.05) is 4.72 Å². The fraction of sp³-hybridized carbons (Fsp3) is 0.375. The van der Waals surface area contributed by atoms with Crippen molar-refractivity contribution >= 4 is 32.0 Å². The number of anilines is 1. The number of halogens is 1. The number of nitrogens with one attached hydrogen (secondary N) is 2. The lowest BCUT2D eigenvalue weighted by atomic mass is 10.5. The summed E-state index contributed by atoms with van der Waals surface area (Å²) >= 11 is 3.21. The van der Waals surface area contributed by atoms with Crippen LogP contribution in [0.4, 0.5) is 5.82 Å². The molecule has 1 heterocycles. The summed E-state index contributed by atoms with van der Waals surface area (Å²) in [6, 6.07) is 3.53. The SMILES string of the molecule is O=S(=O)(Nc1ncccc1Br)NC1CC1. The number of aromatic nitrogens is 1. The van der Waals surface area contributed by atoms with Crippen LogP contribution < -0.4 is 9.44 Å². The standard InChI is InChI=1S/C8H10BrN3O2S/c9-7-2-1-5-10-8(7)12-15(13,14)11-6-3-4-6/h1-2,5-6,11H,3-4H2,(H,10,12). The van der Waals surface area contributed by atoms with Gasteiger partial charge in [-0.1, -0.05) is 0 Å². The zero-order valence-corrected chi connectivity index (χ0v) is 10.2. The van der Waals surface area contributed by atoms with E-state index in [-0.39, 0.29) is 6.04 Å². The molecule has 7 heteroatoms. The number of pyridine rings is 1. The van der Waals surface area contributed by atoms with Crippen molar-refractivity contribution in [3.63, 3.8) is 0 Å². The first-order valence-electron chi connectivity index (χ1n) is 4.47. The largest absolute Gasteiger partial charge is 0.300 e. The maximum absolute atomic E-state index is 11.5. The fourth-order valence-corrected chi connectivity index (χ4v) is 2.67. The van der Waals surface area contributed by atoms with Gasteiger partial charge >= 0.3 is 10.2 Å². The lowest BCUT2D eigenvalue weighted by molar-refractivity contribution is 0.586. The molecule has 15 heavy (non-hydrogen) atoms. The van der Waals surface area contributed by atoms with E-state index in [4.69, 9.17) is 0 Å². The molecule has 0 radical (unpaired) electrons. The predicted octanol–water partition coefficient (Wildman–Crippen LogP) is 1.25. The molecule has 0 atom stereocenters. The second kappa shape index (κ2) is 4.07. The molecular weight excluding hydrogens is 282 g/mol. The molecule has 1 aromatic heterocycles. The molecular formula is C8H10BrN3O2S. The van der Waals surface area contributed by atoms with E-state index >= 15 is 0 Å². The second-order valence-electron chi connectivity index (χ2n) is 3.33. The molecule has 1 aliphatic carbocycles. The predicted molar refractivity (Wildman–Crippen MR) is 60.6 cm³/mol. The van der Waals surface area contributed by atoms with Crippen LogP contribution in [0.15, 0.2) is 22.8 Å². The Bertz CT molecular complexity index is 459. The molecule has 0 unspecified atom stereocenters. The van der Waals surface area contributed by atoms with Crippen molar-refractivity contribution in [1.29, 1.82) is 0 Å². The molecule has 0 aliphatic heterocycles. The van der Waals surface area contributed by atoms with Crippen molar-refractivity contribution in [2.45, 2.75) is 18.9 Å². The normalized spacial score (nSPS) is 16.3. The van der Waals surface area contributed by atoms with Crippen LogP contribution in [-0.4, -0.2) is 19.4 Å². The number of rotatable bonds is 4. The first-order chi connectivity index (χ1) is 7.07. The lowest BCUT2D eigenvalue weighted by Gasteiger charge is -2.08. The minimum atomic E-state index is -3.49. The first kappa shape index (κ1) is 10.8. The van der Waals surface area contributed by atoms with Gasteiger partial charge in [0.1, 0.15) is 0 Å². The van der Waals surface area contributed by atoms with E-state index in [1.54, 1.807) is 12.1 Å². The van der Waals surface area contributed by atoms with Gasteiger partial charge in [0.25, 0.3) is 0 Å².